The number of nitrogens with one attached hydrogen (secondary N) is 1. The zero-order valence-corrected chi connectivity index (χ0v) is 13.7. The smallest absolute Gasteiger partial charge is 0.289 e. The van der Waals surface area contributed by atoms with E-state index in [-0.39, 0.29) is 25.3 Å². The van der Waals surface area contributed by atoms with Gasteiger partial charge in [0.25, 0.3) is 5.91 Å². The van der Waals surface area contributed by atoms with E-state index >= 15 is 0 Å². The maximum absolute atomic E-state index is 12.0. The first-order chi connectivity index (χ1) is 11.0. The molecule has 0 saturated heterocycles. The van der Waals surface area contributed by atoms with E-state index in [0.29, 0.717) is 5.69 Å². The average Bonchev–Trinajstić information content (AvgIpc) is 2.88. The lowest BCUT2D eigenvalue weighted by atomic mass is 9.93. The molecule has 1 fully saturated rings. The molecule has 2 aromatic rings. The highest BCUT2D eigenvalue weighted by Gasteiger charge is 2.21. The number of hydrogen-bond acceptors (Lipinski definition) is 5. The third kappa shape index (κ3) is 4.85. The molecule has 126 valence electrons. The first kappa shape index (κ1) is 17.1. The van der Waals surface area contributed by atoms with Crippen LogP contribution in [0.15, 0.2) is 24.8 Å². The minimum Gasteiger partial charge on any atom is -0.394 e. The largest absolute Gasteiger partial charge is 0.394 e. The topological polar surface area (TPSA) is 92.9 Å². The second-order valence-electron chi connectivity index (χ2n) is 5.85. The SMILES string of the molecule is CC(C)O.Cn1cncc1-c1ccnc(C(=O)NC2CCC2)n1.[HH]. The summed E-state index contributed by atoms with van der Waals surface area (Å²) in [6, 6.07) is 2.06. The van der Waals surface area contributed by atoms with Crippen molar-refractivity contribution >= 4 is 5.91 Å². The van der Waals surface area contributed by atoms with Crippen LogP contribution >= 0.6 is 0 Å². The van der Waals surface area contributed by atoms with Crippen molar-refractivity contribution in [2.24, 2.45) is 7.05 Å². The van der Waals surface area contributed by atoms with Crippen molar-refractivity contribution in [2.45, 2.75) is 45.3 Å². The van der Waals surface area contributed by atoms with Crippen LogP contribution in [0.3, 0.4) is 0 Å². The Balaban J connectivity index is 0.000000522. The number of aliphatic hydroxyl groups excluding tert-OH is 1. The Bertz CT molecular complexity index is 653. The molecule has 1 aliphatic rings. The number of hydrogen-bond donors (Lipinski definition) is 2. The van der Waals surface area contributed by atoms with Gasteiger partial charge in [-0.25, -0.2) is 15.0 Å². The molecule has 1 aliphatic carbocycles. The van der Waals surface area contributed by atoms with E-state index < -0.39 is 0 Å². The fourth-order valence-corrected chi connectivity index (χ4v) is 2.02. The van der Waals surface area contributed by atoms with E-state index in [0.717, 1.165) is 18.5 Å². The molecule has 23 heavy (non-hydrogen) atoms. The predicted molar refractivity (Wildman–Crippen MR) is 88.8 cm³/mol. The second kappa shape index (κ2) is 7.82. The molecule has 7 nitrogen and oxygen atoms in total. The number of amides is 1. The number of nitrogens with zero attached hydrogens (tertiary/aromatic N) is 4. The highest BCUT2D eigenvalue weighted by Crippen LogP contribution is 2.19. The van der Waals surface area contributed by atoms with Crippen molar-refractivity contribution in [1.82, 2.24) is 24.8 Å². The molecule has 1 amide bonds. The molecule has 2 N–H and O–H groups in total. The maximum atomic E-state index is 12.0. The summed E-state index contributed by atoms with van der Waals surface area (Å²) < 4.78 is 1.86. The minimum atomic E-state index is -0.200. The Hall–Kier alpha value is -2.28. The van der Waals surface area contributed by atoms with Gasteiger partial charge in [-0.2, -0.15) is 0 Å². The van der Waals surface area contributed by atoms with Gasteiger partial charge in [-0.3, -0.25) is 4.79 Å². The van der Waals surface area contributed by atoms with Gasteiger partial charge in [0.15, 0.2) is 0 Å². The van der Waals surface area contributed by atoms with Gasteiger partial charge in [-0.15, -0.1) is 0 Å². The first-order valence-electron chi connectivity index (χ1n) is 7.76. The summed E-state index contributed by atoms with van der Waals surface area (Å²) in [7, 11) is 1.89. The maximum Gasteiger partial charge on any atom is 0.289 e. The van der Waals surface area contributed by atoms with Crippen molar-refractivity contribution in [1.29, 1.82) is 0 Å². The van der Waals surface area contributed by atoms with E-state index in [1.807, 2.05) is 11.6 Å². The number of carbonyl (C=O) groups excluding carboxylic acids is 1. The Kier molecular flexibility index (Phi) is 5.81. The van der Waals surface area contributed by atoms with Crippen LogP contribution in [0.25, 0.3) is 11.4 Å². The van der Waals surface area contributed by atoms with Gasteiger partial charge in [0.1, 0.15) is 0 Å². The number of aromatic nitrogens is 4. The van der Waals surface area contributed by atoms with E-state index in [4.69, 9.17) is 5.11 Å². The Morgan fingerprint density at radius 2 is 2.17 bits per heavy atom. The highest BCUT2D eigenvalue weighted by molar-refractivity contribution is 5.91. The Morgan fingerprint density at radius 1 is 1.48 bits per heavy atom. The summed E-state index contributed by atoms with van der Waals surface area (Å²) >= 11 is 0. The van der Waals surface area contributed by atoms with Crippen LogP contribution in [-0.4, -0.2) is 42.7 Å². The number of imidazole rings is 1. The van der Waals surface area contributed by atoms with E-state index in [9.17, 15) is 4.79 Å². The molecule has 2 heterocycles. The van der Waals surface area contributed by atoms with Crippen molar-refractivity contribution in [2.75, 3.05) is 0 Å². The molecule has 0 spiro atoms. The van der Waals surface area contributed by atoms with E-state index in [2.05, 4.69) is 20.3 Å². The number of rotatable bonds is 3. The third-order valence-corrected chi connectivity index (χ3v) is 3.38. The standard InChI is InChI=1S/C13H15N5O.C3H8O.H2/c1-18-8-14-7-11(18)10-5-6-15-12(17-10)13(19)16-9-3-2-4-9;1-3(2)4;/h5-9H,2-4H2,1H3,(H,16,19);3-4H,1-2H3;1H. The molecule has 0 aromatic carbocycles. The molecule has 2 aromatic heterocycles. The lowest BCUT2D eigenvalue weighted by molar-refractivity contribution is 0.0906. The minimum absolute atomic E-state index is 0. The molecule has 7 heteroatoms. The monoisotopic (exact) mass is 319 g/mol. The summed E-state index contributed by atoms with van der Waals surface area (Å²) in [6.07, 6.45) is 8.13. The van der Waals surface area contributed by atoms with Gasteiger partial charge in [0.2, 0.25) is 5.82 Å². The zero-order chi connectivity index (χ0) is 16.8. The third-order valence-electron chi connectivity index (χ3n) is 3.38. The highest BCUT2D eigenvalue weighted by atomic mass is 16.3. The average molecular weight is 319 g/mol. The molecule has 0 aliphatic heterocycles. The lowest BCUT2D eigenvalue weighted by Gasteiger charge is -2.25. The first-order valence-corrected chi connectivity index (χ1v) is 7.76. The Morgan fingerprint density at radius 3 is 2.70 bits per heavy atom. The summed E-state index contributed by atoms with van der Waals surface area (Å²) in [5.41, 5.74) is 1.56. The number of aliphatic hydroxyl groups is 1. The number of aryl methyl sites for hydroxylation is 1. The van der Waals surface area contributed by atoms with Gasteiger partial charge in [-0.05, 0) is 39.2 Å². The van der Waals surface area contributed by atoms with Gasteiger partial charge >= 0.3 is 0 Å². The fraction of sp³-hybridized carbons (Fsp3) is 0.500. The van der Waals surface area contributed by atoms with E-state index in [1.165, 1.54) is 6.42 Å². The van der Waals surface area contributed by atoms with E-state index in [1.54, 1.807) is 38.6 Å². The second-order valence-corrected chi connectivity index (χ2v) is 5.85. The normalized spacial score (nSPS) is 14.0. The molecule has 0 bridgehead atoms. The van der Waals surface area contributed by atoms with Crippen molar-refractivity contribution in [3.8, 4) is 11.4 Å². The fourth-order valence-electron chi connectivity index (χ4n) is 2.02. The van der Waals surface area contributed by atoms with Crippen LogP contribution in [-0.2, 0) is 7.05 Å². The van der Waals surface area contributed by atoms with Crippen LogP contribution in [0.1, 0.15) is 45.2 Å². The number of carbonyl (C=O) groups is 1. The van der Waals surface area contributed by atoms with Crippen molar-refractivity contribution in [3.63, 3.8) is 0 Å². The summed E-state index contributed by atoms with van der Waals surface area (Å²) in [5, 5.41) is 11.0. The molecular formula is C16H25N5O2. The quantitative estimate of drug-likeness (QED) is 0.899. The van der Waals surface area contributed by atoms with Crippen LogP contribution < -0.4 is 5.32 Å². The van der Waals surface area contributed by atoms with Gasteiger partial charge in [-0.1, -0.05) is 0 Å². The molecular weight excluding hydrogens is 294 g/mol. The molecule has 1 saturated carbocycles. The summed E-state index contributed by atoms with van der Waals surface area (Å²) in [6.45, 7) is 3.44. The van der Waals surface area contributed by atoms with Gasteiger partial charge < -0.3 is 15.0 Å². The molecule has 3 rings (SSSR count). The lowest BCUT2D eigenvalue weighted by Crippen LogP contribution is -2.40. The molecule has 0 unspecified atom stereocenters. The van der Waals surface area contributed by atoms with Gasteiger partial charge in [0.05, 0.1) is 23.9 Å². The summed E-state index contributed by atoms with van der Waals surface area (Å²) in [5.74, 6) is 0.0133. The zero-order valence-electron chi connectivity index (χ0n) is 13.7. The van der Waals surface area contributed by atoms with Crippen LogP contribution in [0, 0.1) is 0 Å². The summed E-state index contributed by atoms with van der Waals surface area (Å²) in [4.78, 5) is 24.4. The van der Waals surface area contributed by atoms with Crippen LogP contribution in [0.4, 0.5) is 0 Å². The molecule has 0 radical (unpaired) electrons. The predicted octanol–water partition coefficient (Wildman–Crippen LogP) is 1.79. The Labute approximate surface area is 137 Å². The van der Waals surface area contributed by atoms with Gasteiger partial charge in [0, 0.05) is 26.8 Å². The van der Waals surface area contributed by atoms with Crippen molar-refractivity contribution < 1.29 is 11.3 Å². The van der Waals surface area contributed by atoms with Crippen molar-refractivity contribution in [3.05, 3.63) is 30.6 Å². The van der Waals surface area contributed by atoms with Crippen LogP contribution in [0.2, 0.25) is 0 Å². The van der Waals surface area contributed by atoms with Crippen LogP contribution in [0.5, 0.6) is 0 Å². The molecule has 0 atom stereocenters.